The molecule has 0 aromatic carbocycles. The lowest BCUT2D eigenvalue weighted by Crippen LogP contribution is -2.30. The van der Waals surface area contributed by atoms with Crippen LogP contribution in [0.2, 0.25) is 0 Å². The Hall–Kier alpha value is 0.140. The van der Waals surface area contributed by atoms with E-state index in [0.717, 1.165) is 0 Å². The average Bonchev–Trinajstić information content (AvgIpc) is 2.15. The molecule has 0 radical (unpaired) electrons. The molecule has 0 amide bonds. The number of sulfone groups is 1. The smallest absolute Gasteiger partial charge is 0.218 e. The molecular weight excluding hydrogens is 327 g/mol. The predicted molar refractivity (Wildman–Crippen MR) is 72.7 cm³/mol. The van der Waals surface area contributed by atoms with Gasteiger partial charge in [0.1, 0.15) is 11.5 Å². The number of hydrogen-bond donors (Lipinski definition) is 2. The second kappa shape index (κ2) is 7.66. The van der Waals surface area contributed by atoms with E-state index in [0.29, 0.717) is 0 Å². The second-order valence-corrected chi connectivity index (χ2v) is 8.71. The van der Waals surface area contributed by atoms with Crippen molar-refractivity contribution in [3.05, 3.63) is 0 Å². The van der Waals surface area contributed by atoms with Gasteiger partial charge in [0, 0.05) is 11.8 Å². The van der Waals surface area contributed by atoms with E-state index in [1.54, 1.807) is 0 Å². The van der Waals surface area contributed by atoms with E-state index >= 15 is 0 Å². The van der Waals surface area contributed by atoms with E-state index in [2.05, 4.69) is 0 Å². The molecule has 0 aromatic rings. The summed E-state index contributed by atoms with van der Waals surface area (Å²) in [7, 11) is -6.99. The van der Waals surface area contributed by atoms with Crippen LogP contribution in [-0.2, 0) is 19.4 Å². The highest BCUT2D eigenvalue weighted by atomic mass is 35.5. The summed E-state index contributed by atoms with van der Waals surface area (Å²) < 4.78 is 41.2. The molecule has 108 valence electrons. The molecule has 0 spiro atoms. The Balaban J connectivity index is 4.50. The van der Waals surface area contributed by atoms with E-state index in [-0.39, 0.29) is 17.5 Å². The summed E-state index contributed by atoms with van der Waals surface area (Å²) >= 11 is 10.5. The number of Topliss-reactive ketones (excluding diaryl/α,β-unsaturated/α-hetero) is 2. The van der Waals surface area contributed by atoms with Crippen LogP contribution in [0.1, 0.15) is 0 Å². The van der Waals surface area contributed by atoms with Crippen LogP contribution in [-0.4, -0.2) is 63.9 Å². The fraction of sp³-hybridized carbons (Fsp3) is 0.750. The fourth-order valence-electron chi connectivity index (χ4n) is 0.956. The Morgan fingerprint density at radius 2 is 1.33 bits per heavy atom. The molecule has 6 nitrogen and oxygen atoms in total. The molecule has 0 fully saturated rings. The SMILES string of the molecule is O=C(CS(O)(O)CCCl)C(=O)CS(=O)(=O)CCCl. The minimum Gasteiger partial charge on any atom is -0.299 e. The van der Waals surface area contributed by atoms with Crippen LogP contribution in [0.15, 0.2) is 0 Å². The van der Waals surface area contributed by atoms with Gasteiger partial charge in [-0.2, -0.15) is 10.6 Å². The lowest BCUT2D eigenvalue weighted by Gasteiger charge is -2.29. The first-order valence-electron chi connectivity index (χ1n) is 4.75. The van der Waals surface area contributed by atoms with Gasteiger partial charge in [-0.3, -0.25) is 18.7 Å². The average molecular weight is 341 g/mol. The van der Waals surface area contributed by atoms with Crippen molar-refractivity contribution in [2.75, 3.05) is 34.8 Å². The highest BCUT2D eigenvalue weighted by Gasteiger charge is 2.26. The van der Waals surface area contributed by atoms with Crippen molar-refractivity contribution in [3.63, 3.8) is 0 Å². The predicted octanol–water partition coefficient (Wildman–Crippen LogP) is 0.768. The van der Waals surface area contributed by atoms with Crippen LogP contribution in [0.5, 0.6) is 0 Å². The van der Waals surface area contributed by atoms with Gasteiger partial charge < -0.3 is 0 Å². The normalized spacial score (nSPS) is 13.3. The molecule has 0 heterocycles. The summed E-state index contributed by atoms with van der Waals surface area (Å²) in [5.74, 6) is -4.94. The number of carbonyl (C=O) groups is 2. The summed E-state index contributed by atoms with van der Waals surface area (Å²) in [6.07, 6.45) is 0. The van der Waals surface area contributed by atoms with Crippen molar-refractivity contribution in [1.29, 1.82) is 0 Å². The number of carbonyl (C=O) groups excluding carboxylic acids is 2. The Kier molecular flexibility index (Phi) is 7.72. The molecule has 0 unspecified atom stereocenters. The topological polar surface area (TPSA) is 109 Å². The molecule has 0 aliphatic carbocycles. The van der Waals surface area contributed by atoms with Crippen LogP contribution < -0.4 is 0 Å². The lowest BCUT2D eigenvalue weighted by atomic mass is 10.3. The number of rotatable bonds is 9. The highest BCUT2D eigenvalue weighted by Crippen LogP contribution is 2.37. The van der Waals surface area contributed by atoms with Gasteiger partial charge in [0.2, 0.25) is 11.6 Å². The van der Waals surface area contributed by atoms with E-state index in [4.69, 9.17) is 23.2 Å². The molecule has 10 heteroatoms. The zero-order chi connectivity index (χ0) is 14.4. The first-order valence-corrected chi connectivity index (χ1v) is 9.53. The first-order chi connectivity index (χ1) is 8.13. The Morgan fingerprint density at radius 3 is 1.78 bits per heavy atom. The van der Waals surface area contributed by atoms with Gasteiger partial charge in [-0.15, -0.1) is 23.2 Å². The minimum atomic E-state index is -3.73. The van der Waals surface area contributed by atoms with Gasteiger partial charge in [0.25, 0.3) is 0 Å². The third kappa shape index (κ3) is 7.55. The third-order valence-corrected chi connectivity index (χ3v) is 5.75. The molecule has 0 aromatic heterocycles. The number of ketones is 2. The van der Waals surface area contributed by atoms with E-state index < -0.39 is 49.3 Å². The molecule has 18 heavy (non-hydrogen) atoms. The molecule has 2 N–H and O–H groups in total. The molecule has 0 atom stereocenters. The maximum Gasteiger partial charge on any atom is 0.218 e. The molecule has 0 bridgehead atoms. The highest BCUT2D eigenvalue weighted by molar-refractivity contribution is 8.24. The van der Waals surface area contributed by atoms with Gasteiger partial charge >= 0.3 is 0 Å². The van der Waals surface area contributed by atoms with Crippen LogP contribution >= 0.6 is 33.8 Å². The van der Waals surface area contributed by atoms with Crippen molar-refractivity contribution in [2.45, 2.75) is 0 Å². The maximum atomic E-state index is 11.3. The summed E-state index contributed by atoms with van der Waals surface area (Å²) in [4.78, 5) is 22.6. The van der Waals surface area contributed by atoms with Gasteiger partial charge in [0.05, 0.1) is 11.5 Å². The van der Waals surface area contributed by atoms with Crippen molar-refractivity contribution in [2.24, 2.45) is 0 Å². The van der Waals surface area contributed by atoms with Crippen LogP contribution in [0.25, 0.3) is 0 Å². The number of halogens is 2. The van der Waals surface area contributed by atoms with Crippen molar-refractivity contribution < 1.29 is 27.1 Å². The van der Waals surface area contributed by atoms with Crippen molar-refractivity contribution in [1.82, 2.24) is 0 Å². The molecule has 0 saturated carbocycles. The van der Waals surface area contributed by atoms with Crippen LogP contribution in [0.4, 0.5) is 0 Å². The van der Waals surface area contributed by atoms with E-state index in [9.17, 15) is 27.1 Å². The molecule has 0 aliphatic rings. The Bertz CT molecular complexity index is 406. The summed E-state index contributed by atoms with van der Waals surface area (Å²) in [5.41, 5.74) is 0. The Morgan fingerprint density at radius 1 is 0.889 bits per heavy atom. The molecule has 0 rings (SSSR count). The van der Waals surface area contributed by atoms with Crippen molar-refractivity contribution >= 4 is 55.2 Å². The second-order valence-electron chi connectivity index (χ2n) is 3.47. The lowest BCUT2D eigenvalue weighted by molar-refractivity contribution is -0.133. The van der Waals surface area contributed by atoms with Crippen LogP contribution in [0.3, 0.4) is 0 Å². The summed E-state index contributed by atoms with van der Waals surface area (Å²) in [5, 5.41) is 0. The van der Waals surface area contributed by atoms with Crippen molar-refractivity contribution in [3.8, 4) is 0 Å². The number of hydrogen-bond acceptors (Lipinski definition) is 6. The number of alkyl halides is 2. The zero-order valence-corrected chi connectivity index (χ0v) is 12.5. The van der Waals surface area contributed by atoms with E-state index in [1.807, 2.05) is 0 Å². The van der Waals surface area contributed by atoms with Crippen LogP contribution in [0, 0.1) is 0 Å². The standard InChI is InChI=1S/C8H14Cl2O6S2/c9-1-3-17(13,14)5-7(11)8(12)6-18(15,16)4-2-10/h13-14H,1-6H2. The quantitative estimate of drug-likeness (QED) is 0.474. The fourth-order valence-corrected chi connectivity index (χ4v) is 4.32. The monoisotopic (exact) mass is 340 g/mol. The zero-order valence-electron chi connectivity index (χ0n) is 9.34. The Labute approximate surface area is 117 Å². The summed E-state index contributed by atoms with van der Waals surface area (Å²) in [6.45, 7) is 0. The summed E-state index contributed by atoms with van der Waals surface area (Å²) in [6, 6.07) is 0. The van der Waals surface area contributed by atoms with Gasteiger partial charge in [-0.1, -0.05) is 0 Å². The molecular formula is C8H14Cl2O6S2. The molecule has 0 saturated heterocycles. The minimum absolute atomic E-state index is 0.0750. The molecule has 0 aliphatic heterocycles. The van der Waals surface area contributed by atoms with Gasteiger partial charge in [0.15, 0.2) is 9.84 Å². The van der Waals surface area contributed by atoms with E-state index in [1.165, 1.54) is 0 Å². The maximum absolute atomic E-state index is 11.3. The third-order valence-electron chi connectivity index (χ3n) is 1.82. The largest absolute Gasteiger partial charge is 0.299 e. The van der Waals surface area contributed by atoms with Gasteiger partial charge in [-0.05, 0) is 0 Å². The first kappa shape index (κ1) is 18.1. The van der Waals surface area contributed by atoms with Gasteiger partial charge in [-0.25, -0.2) is 8.42 Å².